The predicted molar refractivity (Wildman–Crippen MR) is 86.5 cm³/mol. The maximum atomic E-state index is 11.7. The molecule has 4 N–H and O–H groups in total. The minimum Gasteiger partial charge on any atom is -0.308 e. The number of urea groups is 1. The van der Waals surface area contributed by atoms with Gasteiger partial charge in [-0.05, 0) is 32.0 Å². The summed E-state index contributed by atoms with van der Waals surface area (Å²) in [7, 11) is 0. The van der Waals surface area contributed by atoms with Gasteiger partial charge in [-0.3, -0.25) is 10.7 Å². The Kier molecular flexibility index (Phi) is 4.77. The number of nitrogens with one attached hydrogen (secondary N) is 4. The summed E-state index contributed by atoms with van der Waals surface area (Å²) in [5, 5.41) is 16.5. The minimum absolute atomic E-state index is 0.150. The van der Waals surface area contributed by atoms with Crippen molar-refractivity contribution in [3.63, 3.8) is 0 Å². The monoisotopic (exact) mass is 323 g/mol. The molecule has 0 saturated carbocycles. The van der Waals surface area contributed by atoms with Gasteiger partial charge in [0.1, 0.15) is 0 Å². The molecule has 8 heteroatoms. The van der Waals surface area contributed by atoms with Crippen molar-refractivity contribution in [2.75, 3.05) is 10.6 Å². The van der Waals surface area contributed by atoms with Crippen LogP contribution in [0.4, 0.5) is 15.6 Å². The highest BCUT2D eigenvalue weighted by molar-refractivity contribution is 7.15. The molecule has 0 saturated heterocycles. The number of carbonyl (C=O) groups is 1. The van der Waals surface area contributed by atoms with Gasteiger partial charge >= 0.3 is 6.03 Å². The highest BCUT2D eigenvalue weighted by atomic mass is 35.5. The van der Waals surface area contributed by atoms with Crippen LogP contribution in [0.1, 0.15) is 10.6 Å². The van der Waals surface area contributed by atoms with Gasteiger partial charge in [-0.2, -0.15) is 0 Å². The van der Waals surface area contributed by atoms with Crippen molar-refractivity contribution < 1.29 is 4.79 Å². The topological polar surface area (TPSA) is 89.9 Å². The van der Waals surface area contributed by atoms with Gasteiger partial charge in [-0.25, -0.2) is 9.78 Å². The van der Waals surface area contributed by atoms with Crippen LogP contribution in [0.5, 0.6) is 0 Å². The van der Waals surface area contributed by atoms with Crippen LogP contribution in [0.2, 0.25) is 5.02 Å². The van der Waals surface area contributed by atoms with E-state index in [0.29, 0.717) is 15.8 Å². The smallest absolute Gasteiger partial charge is 0.308 e. The first-order chi connectivity index (χ1) is 9.94. The lowest BCUT2D eigenvalue weighted by molar-refractivity contribution is 0.256. The zero-order chi connectivity index (χ0) is 15.4. The number of aryl methyl sites for hydroxylation is 2. The maximum Gasteiger partial charge on any atom is 0.325 e. The molecule has 6 nitrogen and oxygen atoms in total. The number of hydrogen-bond donors (Lipinski definition) is 4. The molecule has 0 radical (unpaired) electrons. The van der Waals surface area contributed by atoms with Crippen molar-refractivity contribution in [2.24, 2.45) is 0 Å². The van der Waals surface area contributed by atoms with Gasteiger partial charge < -0.3 is 10.6 Å². The van der Waals surface area contributed by atoms with Crippen LogP contribution in [0.25, 0.3) is 0 Å². The van der Waals surface area contributed by atoms with E-state index in [-0.39, 0.29) is 5.96 Å². The molecule has 0 fully saturated rings. The number of benzene rings is 1. The van der Waals surface area contributed by atoms with Crippen LogP contribution in [-0.4, -0.2) is 17.0 Å². The molecule has 0 aliphatic carbocycles. The number of hydrogen-bond acceptors (Lipinski definition) is 4. The number of thiazole rings is 1. The quantitative estimate of drug-likeness (QED) is 0.503. The Balaban J connectivity index is 1.89. The molecule has 2 rings (SSSR count). The number of carbonyl (C=O) groups excluding carboxylic acids is 1. The predicted octanol–water partition coefficient (Wildman–Crippen LogP) is 3.58. The van der Waals surface area contributed by atoms with Crippen LogP contribution in [-0.2, 0) is 0 Å². The van der Waals surface area contributed by atoms with Gasteiger partial charge in [0.15, 0.2) is 5.13 Å². The second-order valence-electron chi connectivity index (χ2n) is 4.25. The van der Waals surface area contributed by atoms with Gasteiger partial charge in [0, 0.05) is 15.6 Å². The van der Waals surface area contributed by atoms with E-state index < -0.39 is 6.03 Å². The van der Waals surface area contributed by atoms with Crippen LogP contribution in [0, 0.1) is 19.3 Å². The maximum absolute atomic E-state index is 11.7. The van der Waals surface area contributed by atoms with Gasteiger partial charge in [0.25, 0.3) is 0 Å². The summed E-state index contributed by atoms with van der Waals surface area (Å²) in [6.07, 6.45) is 0. The molecule has 0 spiro atoms. The van der Waals surface area contributed by atoms with Crippen LogP contribution < -0.4 is 16.0 Å². The van der Waals surface area contributed by atoms with E-state index in [1.807, 2.05) is 13.8 Å². The molecule has 2 aromatic rings. The van der Waals surface area contributed by atoms with Crippen molar-refractivity contribution in [3.8, 4) is 0 Å². The summed E-state index contributed by atoms with van der Waals surface area (Å²) in [4.78, 5) is 17.0. The average Bonchev–Trinajstić information content (AvgIpc) is 2.67. The molecular weight excluding hydrogens is 310 g/mol. The first kappa shape index (κ1) is 15.3. The first-order valence-electron chi connectivity index (χ1n) is 6.07. The Morgan fingerprint density at radius 3 is 2.71 bits per heavy atom. The molecule has 0 atom stereocenters. The van der Waals surface area contributed by atoms with E-state index in [1.54, 1.807) is 24.3 Å². The summed E-state index contributed by atoms with van der Waals surface area (Å²) >= 11 is 7.25. The normalized spacial score (nSPS) is 10.0. The molecule has 21 heavy (non-hydrogen) atoms. The van der Waals surface area contributed by atoms with E-state index in [2.05, 4.69) is 20.9 Å². The highest BCUT2D eigenvalue weighted by Crippen LogP contribution is 2.20. The number of guanidine groups is 1. The minimum atomic E-state index is -0.528. The fraction of sp³-hybridized carbons (Fsp3) is 0.154. The molecule has 0 aliphatic heterocycles. The molecule has 110 valence electrons. The molecule has 2 amide bonds. The third kappa shape index (κ3) is 4.44. The van der Waals surface area contributed by atoms with E-state index in [4.69, 9.17) is 17.0 Å². The Hall–Kier alpha value is -2.12. The Bertz CT molecular complexity index is 665. The second kappa shape index (κ2) is 6.55. The second-order valence-corrected chi connectivity index (χ2v) is 5.89. The van der Waals surface area contributed by atoms with Crippen molar-refractivity contribution in [3.05, 3.63) is 39.9 Å². The zero-order valence-corrected chi connectivity index (χ0v) is 13.0. The van der Waals surface area contributed by atoms with E-state index in [9.17, 15) is 4.79 Å². The standard InChI is InChI=1S/C13H14ClN5OS/c1-7-8(2)21-13(16-7)19-11(15)18-12(20)17-10-5-3-4-9(14)6-10/h3-6H,1-2H3,(H4,15,16,17,18,19,20). The third-order valence-electron chi connectivity index (χ3n) is 2.58. The van der Waals surface area contributed by atoms with Gasteiger partial charge in [-0.15, -0.1) is 11.3 Å². The number of anilines is 2. The van der Waals surface area contributed by atoms with E-state index in [0.717, 1.165) is 10.6 Å². The molecule has 1 aromatic heterocycles. The molecule has 0 bridgehead atoms. The van der Waals surface area contributed by atoms with E-state index in [1.165, 1.54) is 11.3 Å². The largest absolute Gasteiger partial charge is 0.325 e. The van der Waals surface area contributed by atoms with Crippen LogP contribution in [0.3, 0.4) is 0 Å². The highest BCUT2D eigenvalue weighted by Gasteiger charge is 2.08. The summed E-state index contributed by atoms with van der Waals surface area (Å²) in [5.41, 5.74) is 1.45. The van der Waals surface area contributed by atoms with Crippen LogP contribution >= 0.6 is 22.9 Å². The SMILES string of the molecule is Cc1nc(NC(=N)NC(=O)Nc2cccc(Cl)c2)sc1C. The molecule has 0 unspecified atom stereocenters. The summed E-state index contributed by atoms with van der Waals surface area (Å²) in [5.74, 6) is -0.150. The number of rotatable bonds is 2. The van der Waals surface area contributed by atoms with Crippen molar-refractivity contribution >= 4 is 45.7 Å². The van der Waals surface area contributed by atoms with E-state index >= 15 is 0 Å². The zero-order valence-electron chi connectivity index (χ0n) is 11.5. The van der Waals surface area contributed by atoms with Crippen LogP contribution in [0.15, 0.2) is 24.3 Å². The molecular formula is C13H14ClN5OS. The lowest BCUT2D eigenvalue weighted by Gasteiger charge is -2.09. The molecule has 0 aliphatic rings. The third-order valence-corrected chi connectivity index (χ3v) is 3.80. The Labute approximate surface area is 131 Å². The lowest BCUT2D eigenvalue weighted by atomic mass is 10.3. The van der Waals surface area contributed by atoms with Crippen molar-refractivity contribution in [1.29, 1.82) is 5.41 Å². The average molecular weight is 324 g/mol. The molecule has 1 heterocycles. The molecule has 1 aromatic carbocycles. The Morgan fingerprint density at radius 2 is 2.10 bits per heavy atom. The summed E-state index contributed by atoms with van der Waals surface area (Å²) < 4.78 is 0. The fourth-order valence-corrected chi connectivity index (χ4v) is 2.52. The van der Waals surface area contributed by atoms with Gasteiger partial charge in [0.2, 0.25) is 5.96 Å². The fourth-order valence-electron chi connectivity index (χ4n) is 1.51. The van der Waals surface area contributed by atoms with Gasteiger partial charge in [-0.1, -0.05) is 17.7 Å². The van der Waals surface area contributed by atoms with Crippen molar-refractivity contribution in [1.82, 2.24) is 10.3 Å². The van der Waals surface area contributed by atoms with Gasteiger partial charge in [0.05, 0.1) is 5.69 Å². The number of amides is 2. The summed E-state index contributed by atoms with van der Waals surface area (Å²) in [6.45, 7) is 3.83. The number of nitrogens with zero attached hydrogens (tertiary/aromatic N) is 1. The number of aromatic nitrogens is 1. The van der Waals surface area contributed by atoms with Crippen molar-refractivity contribution in [2.45, 2.75) is 13.8 Å². The summed E-state index contributed by atoms with van der Waals surface area (Å²) in [6, 6.07) is 6.23. The Morgan fingerprint density at radius 1 is 1.33 bits per heavy atom. The number of halogens is 1. The lowest BCUT2D eigenvalue weighted by Crippen LogP contribution is -2.38. The first-order valence-corrected chi connectivity index (χ1v) is 7.26.